The second-order valence-corrected chi connectivity index (χ2v) is 5.66. The van der Waals surface area contributed by atoms with Gasteiger partial charge in [-0.15, -0.1) is 11.3 Å². The number of carbonyl (C=O) groups is 1. The molecule has 1 aromatic rings. The van der Waals surface area contributed by atoms with E-state index in [0.717, 1.165) is 28.4 Å². The van der Waals surface area contributed by atoms with Crippen molar-refractivity contribution in [2.45, 2.75) is 19.8 Å². The lowest BCUT2D eigenvalue weighted by atomic mass is 10.3. The van der Waals surface area contributed by atoms with Crippen LogP contribution in [-0.4, -0.2) is 23.9 Å². The largest absolute Gasteiger partial charge is 0.338 e. The molecule has 1 aliphatic rings. The Kier molecular flexibility index (Phi) is 3.46. The maximum absolute atomic E-state index is 12.1. The molecule has 1 saturated carbocycles. The molecule has 0 unspecified atom stereocenters. The normalized spacial score (nSPS) is 15.3. The molecule has 0 bridgehead atoms. The molecule has 1 fully saturated rings. The van der Waals surface area contributed by atoms with Crippen LogP contribution < -0.4 is 0 Å². The van der Waals surface area contributed by atoms with Gasteiger partial charge in [0.2, 0.25) is 0 Å². The molecule has 0 atom stereocenters. The molecular weight excluding hydrogens is 274 g/mol. The van der Waals surface area contributed by atoms with Gasteiger partial charge in [-0.25, -0.2) is 0 Å². The first kappa shape index (κ1) is 11.1. The summed E-state index contributed by atoms with van der Waals surface area (Å²) in [7, 11) is 0. The van der Waals surface area contributed by atoms with Gasteiger partial charge >= 0.3 is 0 Å². The number of thiophene rings is 1. The van der Waals surface area contributed by atoms with Crippen LogP contribution in [0.15, 0.2) is 15.9 Å². The Balaban J connectivity index is 2.07. The summed E-state index contributed by atoms with van der Waals surface area (Å²) >= 11 is 4.92. The summed E-state index contributed by atoms with van der Waals surface area (Å²) in [5, 5.41) is 1.95. The zero-order valence-corrected chi connectivity index (χ0v) is 11.1. The monoisotopic (exact) mass is 287 g/mol. The van der Waals surface area contributed by atoms with Gasteiger partial charge in [0.05, 0.1) is 0 Å². The Hall–Kier alpha value is -0.350. The van der Waals surface area contributed by atoms with Crippen molar-refractivity contribution in [1.29, 1.82) is 0 Å². The highest BCUT2D eigenvalue weighted by atomic mass is 79.9. The van der Waals surface area contributed by atoms with E-state index >= 15 is 0 Å². The van der Waals surface area contributed by atoms with Crippen molar-refractivity contribution in [3.05, 3.63) is 20.8 Å². The van der Waals surface area contributed by atoms with Crippen LogP contribution in [0.4, 0.5) is 0 Å². The molecule has 0 radical (unpaired) electrons. The summed E-state index contributed by atoms with van der Waals surface area (Å²) < 4.78 is 0.923. The molecule has 0 aliphatic heterocycles. The van der Waals surface area contributed by atoms with Crippen molar-refractivity contribution in [1.82, 2.24) is 4.90 Å². The molecule has 2 nitrogen and oxygen atoms in total. The van der Waals surface area contributed by atoms with Gasteiger partial charge in [0.1, 0.15) is 4.88 Å². The molecule has 0 N–H and O–H groups in total. The van der Waals surface area contributed by atoms with Crippen LogP contribution >= 0.6 is 27.3 Å². The quantitative estimate of drug-likeness (QED) is 0.831. The minimum atomic E-state index is 0.172. The van der Waals surface area contributed by atoms with E-state index in [2.05, 4.69) is 15.9 Å². The van der Waals surface area contributed by atoms with E-state index < -0.39 is 0 Å². The molecule has 1 amide bonds. The number of rotatable bonds is 4. The van der Waals surface area contributed by atoms with Crippen molar-refractivity contribution < 1.29 is 4.79 Å². The van der Waals surface area contributed by atoms with Crippen molar-refractivity contribution in [2.24, 2.45) is 5.92 Å². The average molecular weight is 288 g/mol. The Labute approximate surface area is 102 Å². The molecule has 1 heterocycles. The van der Waals surface area contributed by atoms with Gasteiger partial charge in [-0.3, -0.25) is 4.79 Å². The molecule has 15 heavy (non-hydrogen) atoms. The zero-order valence-electron chi connectivity index (χ0n) is 8.70. The van der Waals surface area contributed by atoms with Crippen LogP contribution in [0.5, 0.6) is 0 Å². The minimum Gasteiger partial charge on any atom is -0.338 e. The average Bonchev–Trinajstić information content (AvgIpc) is 2.95. The van der Waals surface area contributed by atoms with E-state index in [1.807, 2.05) is 23.3 Å². The lowest BCUT2D eigenvalue weighted by Gasteiger charge is -2.20. The van der Waals surface area contributed by atoms with Crippen LogP contribution in [-0.2, 0) is 0 Å². The van der Waals surface area contributed by atoms with Gasteiger partial charge in [-0.05, 0) is 53.1 Å². The topological polar surface area (TPSA) is 20.3 Å². The molecule has 82 valence electrons. The fourth-order valence-electron chi connectivity index (χ4n) is 1.56. The SMILES string of the molecule is CCN(CC1CC1)C(=O)c1sccc1Br. The van der Waals surface area contributed by atoms with Crippen LogP contribution in [0.25, 0.3) is 0 Å². The highest BCUT2D eigenvalue weighted by Crippen LogP contribution is 2.31. The van der Waals surface area contributed by atoms with E-state index in [9.17, 15) is 4.79 Å². The van der Waals surface area contributed by atoms with Crippen molar-refractivity contribution in [3.8, 4) is 0 Å². The summed E-state index contributed by atoms with van der Waals surface area (Å²) in [6.45, 7) is 3.78. The third kappa shape index (κ3) is 2.61. The van der Waals surface area contributed by atoms with E-state index in [4.69, 9.17) is 0 Å². The summed E-state index contributed by atoms with van der Waals surface area (Å²) in [4.78, 5) is 14.9. The molecule has 0 spiro atoms. The van der Waals surface area contributed by atoms with Gasteiger partial charge < -0.3 is 4.90 Å². The van der Waals surface area contributed by atoms with Crippen LogP contribution in [0.3, 0.4) is 0 Å². The van der Waals surface area contributed by atoms with Gasteiger partial charge in [0, 0.05) is 17.6 Å². The molecule has 2 rings (SSSR count). The maximum Gasteiger partial charge on any atom is 0.265 e. The Morgan fingerprint density at radius 3 is 2.87 bits per heavy atom. The van der Waals surface area contributed by atoms with Crippen molar-refractivity contribution >= 4 is 33.2 Å². The lowest BCUT2D eigenvalue weighted by Crippen LogP contribution is -2.32. The molecule has 1 aromatic heterocycles. The van der Waals surface area contributed by atoms with E-state index in [1.165, 1.54) is 24.2 Å². The predicted molar refractivity (Wildman–Crippen MR) is 66.3 cm³/mol. The first-order valence-electron chi connectivity index (χ1n) is 5.24. The Bertz CT molecular complexity index is 359. The number of halogens is 1. The van der Waals surface area contributed by atoms with Crippen LogP contribution in [0, 0.1) is 5.92 Å². The lowest BCUT2D eigenvalue weighted by molar-refractivity contribution is 0.0761. The third-order valence-corrected chi connectivity index (χ3v) is 4.48. The second-order valence-electron chi connectivity index (χ2n) is 3.88. The van der Waals surface area contributed by atoms with Crippen molar-refractivity contribution in [3.63, 3.8) is 0 Å². The van der Waals surface area contributed by atoms with Crippen LogP contribution in [0.2, 0.25) is 0 Å². The molecule has 0 saturated heterocycles. The Morgan fingerprint density at radius 2 is 2.40 bits per heavy atom. The summed E-state index contributed by atoms with van der Waals surface area (Å²) in [5.41, 5.74) is 0. The highest BCUT2D eigenvalue weighted by molar-refractivity contribution is 9.10. The van der Waals surface area contributed by atoms with Gasteiger partial charge in [0.25, 0.3) is 5.91 Å². The smallest absolute Gasteiger partial charge is 0.265 e. The maximum atomic E-state index is 12.1. The summed E-state index contributed by atoms with van der Waals surface area (Å²) in [5.74, 6) is 0.930. The molecule has 4 heteroatoms. The standard InChI is InChI=1S/C11H14BrNOS/c1-2-13(7-8-3-4-8)11(14)10-9(12)5-6-15-10/h5-6,8H,2-4,7H2,1H3. The summed E-state index contributed by atoms with van der Waals surface area (Å²) in [6, 6.07) is 1.93. The molecule has 0 aromatic carbocycles. The van der Waals surface area contributed by atoms with E-state index in [1.54, 1.807) is 0 Å². The van der Waals surface area contributed by atoms with E-state index in [-0.39, 0.29) is 5.91 Å². The zero-order chi connectivity index (χ0) is 10.8. The highest BCUT2D eigenvalue weighted by Gasteiger charge is 2.27. The first-order valence-corrected chi connectivity index (χ1v) is 6.92. The molecule has 1 aliphatic carbocycles. The Morgan fingerprint density at radius 1 is 1.67 bits per heavy atom. The minimum absolute atomic E-state index is 0.172. The second kappa shape index (κ2) is 4.66. The number of amides is 1. The molecular formula is C11H14BrNOS. The number of nitrogens with zero attached hydrogens (tertiary/aromatic N) is 1. The van der Waals surface area contributed by atoms with Gasteiger partial charge in [0.15, 0.2) is 0 Å². The summed E-state index contributed by atoms with van der Waals surface area (Å²) in [6.07, 6.45) is 2.57. The number of hydrogen-bond acceptors (Lipinski definition) is 2. The fourth-order valence-corrected chi connectivity index (χ4v) is 3.07. The van der Waals surface area contributed by atoms with Gasteiger partial charge in [-0.2, -0.15) is 0 Å². The van der Waals surface area contributed by atoms with Crippen LogP contribution in [0.1, 0.15) is 29.4 Å². The number of hydrogen-bond donors (Lipinski definition) is 0. The van der Waals surface area contributed by atoms with E-state index in [0.29, 0.717) is 0 Å². The predicted octanol–water partition coefficient (Wildman–Crippen LogP) is 3.38. The fraction of sp³-hybridized carbons (Fsp3) is 0.545. The number of carbonyl (C=O) groups excluding carboxylic acids is 1. The van der Waals surface area contributed by atoms with Gasteiger partial charge in [-0.1, -0.05) is 0 Å². The first-order chi connectivity index (χ1) is 7.22. The van der Waals surface area contributed by atoms with Crippen molar-refractivity contribution in [2.75, 3.05) is 13.1 Å². The third-order valence-electron chi connectivity index (χ3n) is 2.66.